The van der Waals surface area contributed by atoms with E-state index < -0.39 is 15.9 Å². The van der Waals surface area contributed by atoms with Gasteiger partial charge in [-0.15, -0.1) is 0 Å². The molecule has 0 saturated carbocycles. The van der Waals surface area contributed by atoms with Crippen LogP contribution in [-0.4, -0.2) is 29.9 Å². The largest absolute Gasteiger partial charge is 0.437 e. The van der Waals surface area contributed by atoms with Crippen LogP contribution in [0, 0.1) is 13.8 Å². The lowest BCUT2D eigenvalue weighted by molar-refractivity contribution is -0.118. The molecule has 28 heavy (non-hydrogen) atoms. The Morgan fingerprint density at radius 1 is 1.29 bits per heavy atom. The number of nitrogens with one attached hydrogen (secondary N) is 1. The summed E-state index contributed by atoms with van der Waals surface area (Å²) in [6.07, 6.45) is 2.16. The lowest BCUT2D eigenvalue weighted by Gasteiger charge is -2.11. The van der Waals surface area contributed by atoms with Crippen molar-refractivity contribution in [2.45, 2.75) is 46.5 Å². The quantitative estimate of drug-likeness (QED) is 0.616. The van der Waals surface area contributed by atoms with Crippen molar-refractivity contribution in [1.29, 1.82) is 0 Å². The van der Waals surface area contributed by atoms with E-state index in [-0.39, 0.29) is 12.2 Å². The van der Waals surface area contributed by atoms with E-state index in [4.69, 9.17) is 16.3 Å². The molecule has 1 heterocycles. The molecule has 0 atom stereocenters. The SMILES string of the molecule is CCCCCS(=O)(=O)NC(=O)Cc1ccc(Oc2c(C)c(C)nn2C)c(Cl)c1. The average molecular weight is 428 g/mol. The fourth-order valence-corrected chi connectivity index (χ4v) is 4.06. The van der Waals surface area contributed by atoms with Gasteiger partial charge < -0.3 is 4.74 Å². The zero-order chi connectivity index (χ0) is 20.9. The van der Waals surface area contributed by atoms with Crippen molar-refractivity contribution in [1.82, 2.24) is 14.5 Å². The summed E-state index contributed by atoms with van der Waals surface area (Å²) in [5.74, 6) is 0.385. The number of sulfonamides is 1. The monoisotopic (exact) mass is 427 g/mol. The van der Waals surface area contributed by atoms with Gasteiger partial charge in [-0.2, -0.15) is 5.10 Å². The summed E-state index contributed by atoms with van der Waals surface area (Å²) >= 11 is 6.29. The Bertz CT molecular complexity index is 954. The van der Waals surface area contributed by atoms with E-state index in [1.165, 1.54) is 0 Å². The van der Waals surface area contributed by atoms with Crippen molar-refractivity contribution >= 4 is 27.5 Å². The first-order chi connectivity index (χ1) is 13.1. The van der Waals surface area contributed by atoms with E-state index in [9.17, 15) is 13.2 Å². The minimum atomic E-state index is -3.61. The number of aromatic nitrogens is 2. The van der Waals surface area contributed by atoms with Gasteiger partial charge >= 0.3 is 0 Å². The normalized spacial score (nSPS) is 11.5. The first kappa shape index (κ1) is 22.2. The van der Waals surface area contributed by atoms with Crippen molar-refractivity contribution in [2.75, 3.05) is 5.75 Å². The Hall–Kier alpha value is -2.06. The number of hydrogen-bond donors (Lipinski definition) is 1. The highest BCUT2D eigenvalue weighted by Crippen LogP contribution is 2.32. The second-order valence-corrected chi connectivity index (χ2v) is 8.98. The van der Waals surface area contributed by atoms with Gasteiger partial charge in [-0.05, 0) is 38.0 Å². The Morgan fingerprint density at radius 2 is 2.00 bits per heavy atom. The molecule has 0 aliphatic rings. The van der Waals surface area contributed by atoms with Crippen LogP contribution in [0.3, 0.4) is 0 Å². The number of hydrogen-bond acceptors (Lipinski definition) is 5. The molecule has 0 fully saturated rings. The summed E-state index contributed by atoms with van der Waals surface area (Å²) in [6.45, 7) is 5.78. The van der Waals surface area contributed by atoms with Crippen LogP contribution >= 0.6 is 11.6 Å². The lowest BCUT2D eigenvalue weighted by atomic mass is 10.1. The number of ether oxygens (including phenoxy) is 1. The molecule has 7 nitrogen and oxygen atoms in total. The third-order valence-corrected chi connectivity index (χ3v) is 5.97. The first-order valence-electron chi connectivity index (χ1n) is 9.12. The second-order valence-electron chi connectivity index (χ2n) is 6.73. The number of rotatable bonds is 9. The van der Waals surface area contributed by atoms with Gasteiger partial charge in [-0.3, -0.25) is 9.52 Å². The number of carbonyl (C=O) groups excluding carboxylic acids is 1. The smallest absolute Gasteiger partial charge is 0.237 e. The van der Waals surface area contributed by atoms with Gasteiger partial charge in [0.1, 0.15) is 5.75 Å². The van der Waals surface area contributed by atoms with E-state index in [1.54, 1.807) is 29.9 Å². The standard InChI is InChI=1S/C19H26ClN3O4S/c1-5-6-7-10-28(25,26)22-18(24)12-15-8-9-17(16(20)11-15)27-19-13(2)14(3)21-23(19)4/h8-9,11H,5-7,10,12H2,1-4H3,(H,22,24). The zero-order valence-electron chi connectivity index (χ0n) is 16.6. The van der Waals surface area contributed by atoms with E-state index >= 15 is 0 Å². The molecular formula is C19H26ClN3O4S. The molecule has 9 heteroatoms. The van der Waals surface area contributed by atoms with E-state index in [2.05, 4.69) is 9.82 Å². The van der Waals surface area contributed by atoms with E-state index in [1.807, 2.05) is 20.8 Å². The third-order valence-electron chi connectivity index (χ3n) is 4.31. The maximum absolute atomic E-state index is 12.1. The summed E-state index contributed by atoms with van der Waals surface area (Å²) in [5, 5.41) is 4.62. The summed E-state index contributed by atoms with van der Waals surface area (Å²) < 4.78 is 33.4. The third kappa shape index (κ3) is 5.97. The molecular weight excluding hydrogens is 402 g/mol. The second kappa shape index (κ2) is 9.43. The minimum absolute atomic E-state index is 0.0520. The molecule has 0 unspecified atom stereocenters. The number of carbonyl (C=O) groups is 1. The number of amides is 1. The van der Waals surface area contributed by atoms with E-state index in [0.717, 1.165) is 24.1 Å². The van der Waals surface area contributed by atoms with Crippen molar-refractivity contribution in [2.24, 2.45) is 7.05 Å². The molecule has 1 amide bonds. The number of aryl methyl sites for hydroxylation is 2. The van der Waals surface area contributed by atoms with Crippen LogP contribution in [0.4, 0.5) is 0 Å². The highest BCUT2D eigenvalue weighted by molar-refractivity contribution is 7.90. The highest BCUT2D eigenvalue weighted by atomic mass is 35.5. The molecule has 1 aromatic heterocycles. The number of unbranched alkanes of at least 4 members (excludes halogenated alkanes) is 2. The molecule has 0 spiro atoms. The zero-order valence-corrected chi connectivity index (χ0v) is 18.2. The summed E-state index contributed by atoms with van der Waals surface area (Å²) in [4.78, 5) is 12.1. The molecule has 0 saturated heterocycles. The summed E-state index contributed by atoms with van der Waals surface area (Å²) in [7, 11) is -1.83. The molecule has 0 radical (unpaired) electrons. The van der Waals surface area contributed by atoms with Crippen LogP contribution in [0.15, 0.2) is 18.2 Å². The van der Waals surface area contributed by atoms with Gasteiger partial charge in [0, 0.05) is 12.6 Å². The number of benzene rings is 1. The average Bonchev–Trinajstić information content (AvgIpc) is 2.82. The van der Waals surface area contributed by atoms with Crippen LogP contribution in [0.1, 0.15) is 43.0 Å². The maximum atomic E-state index is 12.1. The minimum Gasteiger partial charge on any atom is -0.437 e. The van der Waals surface area contributed by atoms with E-state index in [0.29, 0.717) is 28.6 Å². The van der Waals surface area contributed by atoms with Gasteiger partial charge in [0.15, 0.2) is 0 Å². The number of halogens is 1. The Kier molecular flexibility index (Phi) is 7.48. The molecule has 1 N–H and O–H groups in total. The maximum Gasteiger partial charge on any atom is 0.237 e. The molecule has 0 bridgehead atoms. The molecule has 0 aliphatic heterocycles. The fraction of sp³-hybridized carbons (Fsp3) is 0.474. The van der Waals surface area contributed by atoms with Gasteiger partial charge in [0.05, 0.1) is 22.9 Å². The fourth-order valence-electron chi connectivity index (χ4n) is 2.71. The van der Waals surface area contributed by atoms with Crippen LogP contribution in [0.25, 0.3) is 0 Å². The van der Waals surface area contributed by atoms with Crippen LogP contribution in [-0.2, 0) is 28.3 Å². The Morgan fingerprint density at radius 3 is 2.57 bits per heavy atom. The topological polar surface area (TPSA) is 90.3 Å². The van der Waals surface area contributed by atoms with Gasteiger partial charge in [-0.1, -0.05) is 37.4 Å². The highest BCUT2D eigenvalue weighted by Gasteiger charge is 2.16. The van der Waals surface area contributed by atoms with Crippen LogP contribution in [0.2, 0.25) is 5.02 Å². The molecule has 1 aromatic carbocycles. The lowest BCUT2D eigenvalue weighted by Crippen LogP contribution is -2.33. The summed E-state index contributed by atoms with van der Waals surface area (Å²) in [6, 6.07) is 4.93. The predicted octanol–water partition coefficient (Wildman–Crippen LogP) is 3.66. The van der Waals surface area contributed by atoms with Gasteiger partial charge in [0.25, 0.3) is 0 Å². The molecule has 2 aromatic rings. The molecule has 2 rings (SSSR count). The predicted molar refractivity (Wildman–Crippen MR) is 109 cm³/mol. The van der Waals surface area contributed by atoms with Gasteiger partial charge in [-0.25, -0.2) is 13.1 Å². The first-order valence-corrected chi connectivity index (χ1v) is 11.2. The number of nitrogens with zero attached hydrogens (tertiary/aromatic N) is 2. The van der Waals surface area contributed by atoms with Crippen LogP contribution in [0.5, 0.6) is 11.6 Å². The van der Waals surface area contributed by atoms with Gasteiger partial charge in [0.2, 0.25) is 21.8 Å². The Labute approximate surface area is 171 Å². The molecule has 0 aliphatic carbocycles. The van der Waals surface area contributed by atoms with Crippen molar-refractivity contribution in [3.63, 3.8) is 0 Å². The van der Waals surface area contributed by atoms with Crippen molar-refractivity contribution in [3.8, 4) is 11.6 Å². The van der Waals surface area contributed by atoms with Crippen molar-refractivity contribution < 1.29 is 17.9 Å². The molecule has 154 valence electrons. The Balaban J connectivity index is 2.03. The van der Waals surface area contributed by atoms with Crippen molar-refractivity contribution in [3.05, 3.63) is 40.0 Å². The van der Waals surface area contributed by atoms with Crippen LogP contribution < -0.4 is 9.46 Å². The summed E-state index contributed by atoms with van der Waals surface area (Å²) in [5.41, 5.74) is 2.37.